The van der Waals surface area contributed by atoms with E-state index in [2.05, 4.69) is 25.7 Å². The van der Waals surface area contributed by atoms with Gasteiger partial charge in [0, 0.05) is 12.1 Å². The number of hydrogen-bond acceptors (Lipinski definition) is 2. The molecule has 2 heteroatoms. The summed E-state index contributed by atoms with van der Waals surface area (Å²) in [5.41, 5.74) is 5.95. The molecule has 1 aliphatic rings. The van der Waals surface area contributed by atoms with Gasteiger partial charge in [-0.2, -0.15) is 0 Å². The van der Waals surface area contributed by atoms with Crippen LogP contribution in [0.4, 0.5) is 0 Å². The summed E-state index contributed by atoms with van der Waals surface area (Å²) >= 11 is 0. The summed E-state index contributed by atoms with van der Waals surface area (Å²) in [4.78, 5) is 2.52. The maximum atomic E-state index is 5.61. The zero-order chi connectivity index (χ0) is 8.48. The molecule has 66 valence electrons. The number of likely N-dealkylation sites (tertiary alicyclic amines) is 1. The van der Waals surface area contributed by atoms with Crippen molar-refractivity contribution in [2.24, 2.45) is 11.7 Å². The third kappa shape index (κ3) is 2.17. The van der Waals surface area contributed by atoms with Crippen LogP contribution in [-0.4, -0.2) is 30.1 Å². The quantitative estimate of drug-likeness (QED) is 0.615. The Bertz CT molecular complexity index is 126. The summed E-state index contributed by atoms with van der Waals surface area (Å²) in [7, 11) is 0. The van der Waals surface area contributed by atoms with Crippen molar-refractivity contribution in [3.63, 3.8) is 0 Å². The van der Waals surface area contributed by atoms with Gasteiger partial charge in [0.25, 0.3) is 0 Å². The predicted molar refractivity (Wildman–Crippen MR) is 48.5 cm³/mol. The molecule has 1 aliphatic heterocycles. The lowest BCUT2D eigenvalue weighted by atomic mass is 10.1. The molecule has 1 heterocycles. The summed E-state index contributed by atoms with van der Waals surface area (Å²) in [6.45, 7) is 10.1. The van der Waals surface area contributed by atoms with E-state index in [-0.39, 0.29) is 0 Å². The summed E-state index contributed by atoms with van der Waals surface area (Å²) in [6.07, 6.45) is 1.29. The summed E-state index contributed by atoms with van der Waals surface area (Å²) in [5.74, 6) is 0.745. The molecule has 0 aliphatic carbocycles. The van der Waals surface area contributed by atoms with Crippen molar-refractivity contribution in [1.29, 1.82) is 0 Å². The van der Waals surface area contributed by atoms with Gasteiger partial charge >= 0.3 is 0 Å². The Morgan fingerprint density at radius 1 is 1.45 bits per heavy atom. The maximum absolute atomic E-state index is 5.61. The van der Waals surface area contributed by atoms with Gasteiger partial charge in [0.2, 0.25) is 0 Å². The molecule has 2 nitrogen and oxygen atoms in total. The molecule has 0 amide bonds. The lowest BCUT2D eigenvalue weighted by molar-refractivity contribution is 0.169. The second-order valence-corrected chi connectivity index (χ2v) is 4.51. The first-order valence-corrected chi connectivity index (χ1v) is 4.49. The highest BCUT2D eigenvalue weighted by Crippen LogP contribution is 2.23. The third-order valence-corrected chi connectivity index (χ3v) is 2.57. The van der Waals surface area contributed by atoms with Gasteiger partial charge in [-0.25, -0.2) is 0 Å². The molecule has 1 fully saturated rings. The fourth-order valence-electron chi connectivity index (χ4n) is 1.63. The molecule has 1 saturated heterocycles. The van der Waals surface area contributed by atoms with Crippen molar-refractivity contribution in [3.8, 4) is 0 Å². The van der Waals surface area contributed by atoms with Crippen LogP contribution in [0.3, 0.4) is 0 Å². The second-order valence-electron chi connectivity index (χ2n) is 4.51. The van der Waals surface area contributed by atoms with Crippen LogP contribution in [0.25, 0.3) is 0 Å². The molecule has 0 aromatic rings. The maximum Gasteiger partial charge on any atom is 0.0125 e. The average molecular weight is 156 g/mol. The Hall–Kier alpha value is -0.0800. The van der Waals surface area contributed by atoms with Gasteiger partial charge in [-0.05, 0) is 46.2 Å². The van der Waals surface area contributed by atoms with Gasteiger partial charge in [0.05, 0.1) is 0 Å². The topological polar surface area (TPSA) is 29.3 Å². The van der Waals surface area contributed by atoms with E-state index in [1.807, 2.05) is 0 Å². The zero-order valence-electron chi connectivity index (χ0n) is 7.93. The Kier molecular flexibility index (Phi) is 2.55. The first kappa shape index (κ1) is 9.01. The van der Waals surface area contributed by atoms with Crippen molar-refractivity contribution in [1.82, 2.24) is 4.90 Å². The van der Waals surface area contributed by atoms with Crippen LogP contribution in [0, 0.1) is 5.92 Å². The molecule has 0 bridgehead atoms. The highest BCUT2D eigenvalue weighted by molar-refractivity contribution is 4.84. The summed E-state index contributed by atoms with van der Waals surface area (Å²) in [6, 6.07) is 0. The normalized spacial score (nSPS) is 27.8. The van der Waals surface area contributed by atoms with Crippen LogP contribution in [-0.2, 0) is 0 Å². The molecule has 0 aromatic heterocycles. The molecule has 0 saturated carbocycles. The lowest BCUT2D eigenvalue weighted by Gasteiger charge is -2.31. The number of nitrogens with two attached hydrogens (primary N) is 1. The van der Waals surface area contributed by atoms with Gasteiger partial charge < -0.3 is 5.73 Å². The van der Waals surface area contributed by atoms with E-state index in [0.29, 0.717) is 5.54 Å². The average Bonchev–Trinajstić information content (AvgIpc) is 2.32. The Balaban J connectivity index is 2.42. The molecule has 11 heavy (non-hydrogen) atoms. The van der Waals surface area contributed by atoms with Crippen LogP contribution in [0.1, 0.15) is 27.2 Å². The van der Waals surface area contributed by atoms with Crippen molar-refractivity contribution in [2.45, 2.75) is 32.7 Å². The van der Waals surface area contributed by atoms with E-state index in [1.54, 1.807) is 0 Å². The Labute approximate surface area is 69.8 Å². The molecule has 0 radical (unpaired) electrons. The highest BCUT2D eigenvalue weighted by Gasteiger charge is 2.28. The van der Waals surface area contributed by atoms with Crippen LogP contribution in [0.5, 0.6) is 0 Å². The monoisotopic (exact) mass is 156 g/mol. The minimum Gasteiger partial charge on any atom is -0.330 e. The van der Waals surface area contributed by atoms with Gasteiger partial charge in [-0.15, -0.1) is 0 Å². The fourth-order valence-corrected chi connectivity index (χ4v) is 1.63. The number of nitrogens with zero attached hydrogens (tertiary/aromatic N) is 1. The van der Waals surface area contributed by atoms with Crippen LogP contribution in [0.15, 0.2) is 0 Å². The first-order chi connectivity index (χ1) is 5.04. The van der Waals surface area contributed by atoms with Gasteiger partial charge in [0.1, 0.15) is 0 Å². The Morgan fingerprint density at radius 3 is 2.36 bits per heavy atom. The lowest BCUT2D eigenvalue weighted by Crippen LogP contribution is -2.39. The van der Waals surface area contributed by atoms with Crippen molar-refractivity contribution in [3.05, 3.63) is 0 Å². The van der Waals surface area contributed by atoms with Gasteiger partial charge in [0.15, 0.2) is 0 Å². The molecule has 1 unspecified atom stereocenters. The van der Waals surface area contributed by atoms with Crippen LogP contribution >= 0.6 is 0 Å². The molecular formula is C9H20N2. The van der Waals surface area contributed by atoms with Crippen LogP contribution in [0.2, 0.25) is 0 Å². The van der Waals surface area contributed by atoms with Crippen molar-refractivity contribution >= 4 is 0 Å². The van der Waals surface area contributed by atoms with Crippen LogP contribution < -0.4 is 5.73 Å². The molecule has 0 spiro atoms. The smallest absolute Gasteiger partial charge is 0.0125 e. The predicted octanol–water partition coefficient (Wildman–Crippen LogP) is 1.07. The molecular weight excluding hydrogens is 136 g/mol. The molecule has 0 aromatic carbocycles. The van der Waals surface area contributed by atoms with E-state index in [0.717, 1.165) is 12.5 Å². The minimum absolute atomic E-state index is 0.337. The largest absolute Gasteiger partial charge is 0.330 e. The van der Waals surface area contributed by atoms with Gasteiger partial charge in [-0.3, -0.25) is 4.90 Å². The highest BCUT2D eigenvalue weighted by atomic mass is 15.2. The molecule has 1 rings (SSSR count). The molecule has 1 atom stereocenters. The van der Waals surface area contributed by atoms with E-state index >= 15 is 0 Å². The SMILES string of the molecule is CC(C)(C)N1CCC(CN)C1. The summed E-state index contributed by atoms with van der Waals surface area (Å²) < 4.78 is 0. The van der Waals surface area contributed by atoms with E-state index < -0.39 is 0 Å². The van der Waals surface area contributed by atoms with E-state index in [9.17, 15) is 0 Å². The zero-order valence-corrected chi connectivity index (χ0v) is 7.93. The number of rotatable bonds is 1. The van der Waals surface area contributed by atoms with E-state index in [4.69, 9.17) is 5.73 Å². The number of hydrogen-bond donors (Lipinski definition) is 1. The van der Waals surface area contributed by atoms with Crippen molar-refractivity contribution < 1.29 is 0 Å². The second kappa shape index (κ2) is 3.11. The van der Waals surface area contributed by atoms with Gasteiger partial charge in [-0.1, -0.05) is 0 Å². The fraction of sp³-hybridized carbons (Fsp3) is 1.00. The molecule has 2 N–H and O–H groups in total. The van der Waals surface area contributed by atoms with E-state index in [1.165, 1.54) is 19.5 Å². The first-order valence-electron chi connectivity index (χ1n) is 4.49. The minimum atomic E-state index is 0.337. The summed E-state index contributed by atoms with van der Waals surface area (Å²) in [5, 5.41) is 0. The Morgan fingerprint density at radius 2 is 2.09 bits per heavy atom. The van der Waals surface area contributed by atoms with Crippen molar-refractivity contribution in [2.75, 3.05) is 19.6 Å². The third-order valence-electron chi connectivity index (χ3n) is 2.57. The standard InChI is InChI=1S/C9H20N2/c1-9(2,3)11-5-4-8(6-10)7-11/h8H,4-7,10H2,1-3H3.